The molecule has 2 aliphatic heterocycles. The van der Waals surface area contributed by atoms with E-state index in [4.69, 9.17) is 4.74 Å². The van der Waals surface area contributed by atoms with Gasteiger partial charge in [-0.25, -0.2) is 8.42 Å². The minimum absolute atomic E-state index is 0.172. The predicted molar refractivity (Wildman–Crippen MR) is 132 cm³/mol. The highest BCUT2D eigenvalue weighted by Gasteiger charge is 2.70. The molecule has 2 heterocycles. The average Bonchev–Trinajstić information content (AvgIpc) is 3.29. The van der Waals surface area contributed by atoms with E-state index in [1.807, 2.05) is 60.7 Å². The molecule has 174 valence electrons. The second kappa shape index (κ2) is 8.18. The highest BCUT2D eigenvalue weighted by atomic mass is 32.2. The van der Waals surface area contributed by atoms with E-state index in [0.717, 1.165) is 11.1 Å². The van der Waals surface area contributed by atoms with Crippen molar-refractivity contribution in [1.82, 2.24) is 5.32 Å². The van der Waals surface area contributed by atoms with Crippen LogP contribution in [-0.2, 0) is 19.4 Å². The molecule has 1 fully saturated rings. The molecule has 4 aromatic carbocycles. The Morgan fingerprint density at radius 2 is 1.23 bits per heavy atom. The molecule has 4 aromatic rings. The number of para-hydroxylation sites is 1. The molecule has 0 radical (unpaired) electrons. The molecule has 6 rings (SSSR count). The topological polar surface area (TPSA) is 72.5 Å². The van der Waals surface area contributed by atoms with Crippen LogP contribution in [0.1, 0.15) is 28.8 Å². The molecule has 6 heteroatoms. The minimum Gasteiger partial charge on any atom is -0.426 e. The smallest absolute Gasteiger partial charge is 0.318 e. The van der Waals surface area contributed by atoms with Gasteiger partial charge < -0.3 is 10.1 Å². The lowest BCUT2D eigenvalue weighted by Crippen LogP contribution is -2.51. The van der Waals surface area contributed by atoms with Crippen LogP contribution in [0, 0.1) is 5.92 Å². The first kappa shape index (κ1) is 21.8. The van der Waals surface area contributed by atoms with Gasteiger partial charge >= 0.3 is 5.97 Å². The number of carbonyl (C=O) groups is 1. The van der Waals surface area contributed by atoms with Gasteiger partial charge in [-0.05, 0) is 29.3 Å². The van der Waals surface area contributed by atoms with Crippen molar-refractivity contribution >= 4 is 15.8 Å². The Morgan fingerprint density at radius 1 is 0.686 bits per heavy atom. The average molecular weight is 482 g/mol. The standard InChI is InChI=1S/C29H23NO4S/c31-28-25-26(20-12-4-1-5-13-20)30-27(21-14-6-2-7-15-21)29(25,23-18-10-11-19-24(23)34-28)35(32,33)22-16-8-3-9-17-22/h1-19,25-27,30H/t25-,26-,27+,29-/m1/s1. The van der Waals surface area contributed by atoms with Crippen molar-refractivity contribution in [2.75, 3.05) is 0 Å². The van der Waals surface area contributed by atoms with Crippen LogP contribution < -0.4 is 10.1 Å². The maximum absolute atomic E-state index is 14.8. The van der Waals surface area contributed by atoms with Crippen LogP contribution in [0.2, 0.25) is 0 Å². The number of esters is 1. The Hall–Kier alpha value is -3.74. The number of carbonyl (C=O) groups excluding carboxylic acids is 1. The van der Waals surface area contributed by atoms with Crippen molar-refractivity contribution in [1.29, 1.82) is 0 Å². The van der Waals surface area contributed by atoms with Gasteiger partial charge in [-0.2, -0.15) is 0 Å². The number of hydrogen-bond donors (Lipinski definition) is 1. The number of rotatable bonds is 4. The predicted octanol–water partition coefficient (Wildman–Crippen LogP) is 4.98. The molecule has 4 atom stereocenters. The van der Waals surface area contributed by atoms with Gasteiger partial charge in [0.1, 0.15) is 16.4 Å². The lowest BCUT2D eigenvalue weighted by molar-refractivity contribution is -0.142. The van der Waals surface area contributed by atoms with Crippen molar-refractivity contribution in [3.63, 3.8) is 0 Å². The van der Waals surface area contributed by atoms with Gasteiger partial charge in [0, 0.05) is 11.6 Å². The quantitative estimate of drug-likeness (QED) is 0.329. The fourth-order valence-electron chi connectivity index (χ4n) is 5.71. The van der Waals surface area contributed by atoms with Gasteiger partial charge in [0.15, 0.2) is 9.84 Å². The maximum Gasteiger partial charge on any atom is 0.318 e. The molecule has 5 nitrogen and oxygen atoms in total. The van der Waals surface area contributed by atoms with E-state index in [-0.39, 0.29) is 10.6 Å². The van der Waals surface area contributed by atoms with Gasteiger partial charge in [0.25, 0.3) is 0 Å². The van der Waals surface area contributed by atoms with Crippen LogP contribution in [0.3, 0.4) is 0 Å². The molecule has 0 spiro atoms. The van der Waals surface area contributed by atoms with Crippen LogP contribution >= 0.6 is 0 Å². The van der Waals surface area contributed by atoms with E-state index in [1.54, 1.807) is 54.6 Å². The first-order chi connectivity index (χ1) is 17.0. The fraction of sp³-hybridized carbons (Fsp3) is 0.138. The lowest BCUT2D eigenvalue weighted by Gasteiger charge is -2.42. The molecular weight excluding hydrogens is 458 g/mol. The number of fused-ring (bicyclic) bond motifs is 3. The van der Waals surface area contributed by atoms with Gasteiger partial charge in [-0.3, -0.25) is 4.79 Å². The minimum atomic E-state index is -4.11. The Balaban J connectivity index is 1.73. The van der Waals surface area contributed by atoms with Gasteiger partial charge in [-0.15, -0.1) is 0 Å². The second-order valence-corrected chi connectivity index (χ2v) is 11.1. The summed E-state index contributed by atoms with van der Waals surface area (Å²) in [7, 11) is -4.11. The zero-order chi connectivity index (χ0) is 24.0. The Kier molecular flexibility index (Phi) is 5.09. The maximum atomic E-state index is 14.8. The molecule has 0 unspecified atom stereocenters. The molecule has 0 saturated carbocycles. The largest absolute Gasteiger partial charge is 0.426 e. The fourth-order valence-corrected chi connectivity index (χ4v) is 8.16. The Labute approximate surface area is 204 Å². The third kappa shape index (κ3) is 3.10. The van der Waals surface area contributed by atoms with Crippen molar-refractivity contribution in [3.8, 4) is 5.75 Å². The van der Waals surface area contributed by atoms with Crippen molar-refractivity contribution in [2.24, 2.45) is 5.92 Å². The zero-order valence-electron chi connectivity index (χ0n) is 18.7. The zero-order valence-corrected chi connectivity index (χ0v) is 19.6. The summed E-state index contributed by atoms with van der Waals surface area (Å²) in [4.78, 5) is 13.9. The molecule has 0 aliphatic carbocycles. The molecule has 0 aromatic heterocycles. The highest BCUT2D eigenvalue weighted by Crippen LogP contribution is 2.62. The van der Waals surface area contributed by atoms with Crippen LogP contribution in [0.15, 0.2) is 120 Å². The highest BCUT2D eigenvalue weighted by molar-refractivity contribution is 7.92. The summed E-state index contributed by atoms with van der Waals surface area (Å²) in [6.45, 7) is 0. The normalized spacial score (nSPS) is 25.4. The summed E-state index contributed by atoms with van der Waals surface area (Å²) in [5.74, 6) is -1.28. The van der Waals surface area contributed by atoms with E-state index in [1.165, 1.54) is 0 Å². The summed E-state index contributed by atoms with van der Waals surface area (Å²) in [6, 6.07) is 33.1. The van der Waals surface area contributed by atoms with Gasteiger partial charge in [0.2, 0.25) is 0 Å². The van der Waals surface area contributed by atoms with Crippen LogP contribution in [0.4, 0.5) is 0 Å². The van der Waals surface area contributed by atoms with Gasteiger partial charge in [-0.1, -0.05) is 97.1 Å². The molecule has 35 heavy (non-hydrogen) atoms. The number of nitrogens with one attached hydrogen (secondary N) is 1. The van der Waals surface area contributed by atoms with E-state index >= 15 is 0 Å². The molecular formula is C29H23NO4S. The molecule has 2 aliphatic rings. The molecule has 1 N–H and O–H groups in total. The Bertz CT molecular complexity index is 1490. The SMILES string of the molecule is O=C1Oc2ccccc2[C@]2(S(=O)(=O)c3ccccc3)[C@H](c3ccccc3)N[C@H](c3ccccc3)[C@H]12. The van der Waals surface area contributed by atoms with E-state index < -0.39 is 38.6 Å². The Morgan fingerprint density at radius 3 is 1.89 bits per heavy atom. The second-order valence-electron chi connectivity index (χ2n) is 8.90. The summed E-state index contributed by atoms with van der Waals surface area (Å²) >= 11 is 0. The summed E-state index contributed by atoms with van der Waals surface area (Å²) in [5, 5.41) is 3.57. The first-order valence-electron chi connectivity index (χ1n) is 11.5. The van der Waals surface area contributed by atoms with Gasteiger partial charge in [0.05, 0.1) is 10.9 Å². The van der Waals surface area contributed by atoms with Crippen LogP contribution in [0.25, 0.3) is 0 Å². The summed E-state index contributed by atoms with van der Waals surface area (Å²) < 4.78 is 33.8. The van der Waals surface area contributed by atoms with Crippen molar-refractivity contribution < 1.29 is 17.9 Å². The number of ether oxygens (including phenoxy) is 1. The summed E-state index contributed by atoms with van der Waals surface area (Å²) in [6.07, 6.45) is 0. The number of sulfone groups is 1. The van der Waals surface area contributed by atoms with E-state index in [0.29, 0.717) is 5.56 Å². The molecule has 0 bridgehead atoms. The molecule has 1 saturated heterocycles. The van der Waals surface area contributed by atoms with Crippen LogP contribution in [0.5, 0.6) is 5.75 Å². The van der Waals surface area contributed by atoms with Crippen molar-refractivity contribution in [3.05, 3.63) is 132 Å². The number of benzene rings is 4. The van der Waals surface area contributed by atoms with Crippen LogP contribution in [-0.4, -0.2) is 14.4 Å². The third-order valence-corrected chi connectivity index (χ3v) is 9.62. The van der Waals surface area contributed by atoms with E-state index in [2.05, 4.69) is 5.32 Å². The summed E-state index contributed by atoms with van der Waals surface area (Å²) in [5.41, 5.74) is 2.12. The monoisotopic (exact) mass is 481 g/mol. The van der Waals surface area contributed by atoms with Crippen molar-refractivity contribution in [2.45, 2.75) is 21.7 Å². The third-order valence-electron chi connectivity index (χ3n) is 7.13. The molecule has 0 amide bonds. The van der Waals surface area contributed by atoms with E-state index in [9.17, 15) is 13.2 Å². The first-order valence-corrected chi connectivity index (χ1v) is 13.0. The number of hydrogen-bond acceptors (Lipinski definition) is 5. The lowest BCUT2D eigenvalue weighted by atomic mass is 9.75.